The lowest BCUT2D eigenvalue weighted by molar-refractivity contribution is -0.117. The molecule has 45 heavy (non-hydrogen) atoms. The molecule has 0 aliphatic carbocycles. The number of fused-ring (bicyclic) bond motifs is 1. The predicted molar refractivity (Wildman–Crippen MR) is 176 cm³/mol. The monoisotopic (exact) mass is 624 g/mol. The van der Waals surface area contributed by atoms with Crippen molar-refractivity contribution in [1.82, 2.24) is 14.9 Å². The van der Waals surface area contributed by atoms with Gasteiger partial charge in [-0.05, 0) is 50.5 Å². The first-order chi connectivity index (χ1) is 21.7. The number of ether oxygens (including phenoxy) is 2. The van der Waals surface area contributed by atoms with Gasteiger partial charge in [-0.1, -0.05) is 77.9 Å². The van der Waals surface area contributed by atoms with Crippen molar-refractivity contribution in [2.45, 2.75) is 106 Å². The van der Waals surface area contributed by atoms with Gasteiger partial charge in [-0.2, -0.15) is 0 Å². The average molecular weight is 625 g/mol. The summed E-state index contributed by atoms with van der Waals surface area (Å²) in [5.41, 5.74) is 0.304. The minimum absolute atomic E-state index is 0.0109. The number of halogens is 1. The second-order valence-electron chi connectivity index (χ2n) is 10.3. The number of carbonyl (C=O) groups excluding carboxylic acids is 2. The molecule has 2 aromatic carbocycles. The molecule has 246 valence electrons. The summed E-state index contributed by atoms with van der Waals surface area (Å²) in [5, 5.41) is 2.80. The van der Waals surface area contributed by atoms with Crippen LogP contribution in [0.15, 0.2) is 53.3 Å². The lowest BCUT2D eigenvalue weighted by atomic mass is 10.1. The number of hydrogen-bond acceptors (Lipinski definition) is 6. The summed E-state index contributed by atoms with van der Waals surface area (Å²) in [6.07, 6.45) is 1.05. The SMILES string of the molecule is CC.CC.CC.CC1CCC(=O)N1c1cc(F)ccc1CNC(=O)c1nc2n(c(=O)c1OCc1ccccc1)CCOC2(C)C. The zero-order valence-corrected chi connectivity index (χ0v) is 28.2. The topological polar surface area (TPSA) is 103 Å². The molecule has 9 nitrogen and oxygen atoms in total. The van der Waals surface area contributed by atoms with Crippen LogP contribution in [0.5, 0.6) is 5.75 Å². The summed E-state index contributed by atoms with van der Waals surface area (Å²) < 4.78 is 27.4. The Morgan fingerprint density at radius 2 is 1.73 bits per heavy atom. The highest BCUT2D eigenvalue weighted by Gasteiger charge is 2.35. The lowest BCUT2D eigenvalue weighted by Crippen LogP contribution is -2.43. The van der Waals surface area contributed by atoms with E-state index in [1.165, 1.54) is 16.7 Å². The van der Waals surface area contributed by atoms with Gasteiger partial charge in [0.05, 0.1) is 18.8 Å². The van der Waals surface area contributed by atoms with E-state index in [1.54, 1.807) is 24.8 Å². The highest BCUT2D eigenvalue weighted by atomic mass is 19.1. The molecule has 0 spiro atoms. The smallest absolute Gasteiger partial charge is 0.296 e. The molecule has 3 heterocycles. The van der Waals surface area contributed by atoms with Gasteiger partial charge < -0.3 is 19.7 Å². The van der Waals surface area contributed by atoms with Crippen molar-refractivity contribution in [2.75, 3.05) is 11.5 Å². The van der Waals surface area contributed by atoms with E-state index in [1.807, 2.05) is 78.8 Å². The van der Waals surface area contributed by atoms with Crippen molar-refractivity contribution in [3.05, 3.63) is 87.3 Å². The van der Waals surface area contributed by atoms with E-state index < -0.39 is 22.9 Å². The maximum Gasteiger partial charge on any atom is 0.296 e. The van der Waals surface area contributed by atoms with Crippen molar-refractivity contribution in [1.29, 1.82) is 0 Å². The number of hydrogen-bond donors (Lipinski definition) is 1. The normalized spacial score (nSPS) is 16.1. The zero-order valence-electron chi connectivity index (χ0n) is 28.2. The van der Waals surface area contributed by atoms with Gasteiger partial charge >= 0.3 is 0 Å². The molecule has 3 aromatic rings. The van der Waals surface area contributed by atoms with Gasteiger partial charge in [-0.15, -0.1) is 0 Å². The minimum atomic E-state index is -0.888. The molecular formula is C35H49FN4O5. The van der Waals surface area contributed by atoms with Gasteiger partial charge in [-0.25, -0.2) is 9.37 Å². The first-order valence-corrected chi connectivity index (χ1v) is 16.0. The van der Waals surface area contributed by atoms with Gasteiger partial charge in [0.15, 0.2) is 5.69 Å². The molecule has 2 aliphatic heterocycles. The molecule has 0 saturated carbocycles. The number of amides is 2. The molecule has 10 heteroatoms. The molecule has 5 rings (SSSR count). The summed E-state index contributed by atoms with van der Waals surface area (Å²) in [7, 11) is 0. The third-order valence-corrected chi connectivity index (χ3v) is 7.12. The van der Waals surface area contributed by atoms with Crippen molar-refractivity contribution < 1.29 is 23.5 Å². The van der Waals surface area contributed by atoms with Crippen LogP contribution in [0.4, 0.5) is 10.1 Å². The van der Waals surface area contributed by atoms with Crippen LogP contribution in [0.2, 0.25) is 0 Å². The molecule has 1 unspecified atom stereocenters. The maximum atomic E-state index is 14.2. The highest BCUT2D eigenvalue weighted by molar-refractivity contribution is 5.97. The van der Waals surface area contributed by atoms with E-state index in [4.69, 9.17) is 9.47 Å². The largest absolute Gasteiger partial charge is 0.481 e. The zero-order chi connectivity index (χ0) is 33.7. The van der Waals surface area contributed by atoms with Crippen LogP contribution in [0.25, 0.3) is 0 Å². The summed E-state index contributed by atoms with van der Waals surface area (Å²) in [4.78, 5) is 45.7. The number of anilines is 1. The van der Waals surface area contributed by atoms with Crippen molar-refractivity contribution in [3.8, 4) is 5.75 Å². The number of nitrogens with zero attached hydrogens (tertiary/aromatic N) is 3. The molecule has 0 bridgehead atoms. The molecule has 2 aliphatic rings. The Balaban J connectivity index is 0.00000111. The molecular weight excluding hydrogens is 575 g/mol. The van der Waals surface area contributed by atoms with Crippen LogP contribution < -0.4 is 20.5 Å². The first kappa shape index (κ1) is 37.1. The van der Waals surface area contributed by atoms with Crippen molar-refractivity contribution >= 4 is 17.5 Å². The molecule has 1 atom stereocenters. The Labute approximate surface area is 266 Å². The number of nitrogens with one attached hydrogen (secondary N) is 1. The fourth-order valence-corrected chi connectivity index (χ4v) is 5.04. The van der Waals surface area contributed by atoms with Gasteiger partial charge in [-0.3, -0.25) is 19.0 Å². The summed E-state index contributed by atoms with van der Waals surface area (Å²) in [6.45, 7) is 18.2. The van der Waals surface area contributed by atoms with E-state index in [0.717, 1.165) is 5.56 Å². The van der Waals surface area contributed by atoms with Crippen LogP contribution in [-0.2, 0) is 34.8 Å². The molecule has 0 radical (unpaired) electrons. The highest BCUT2D eigenvalue weighted by Crippen LogP contribution is 2.31. The van der Waals surface area contributed by atoms with E-state index in [0.29, 0.717) is 36.5 Å². The summed E-state index contributed by atoms with van der Waals surface area (Å²) in [6, 6.07) is 13.4. The van der Waals surface area contributed by atoms with Crippen molar-refractivity contribution in [3.63, 3.8) is 0 Å². The van der Waals surface area contributed by atoms with Crippen molar-refractivity contribution in [2.24, 2.45) is 0 Å². The molecule has 2 amide bonds. The van der Waals surface area contributed by atoms with Crippen LogP contribution in [0, 0.1) is 5.82 Å². The minimum Gasteiger partial charge on any atom is -0.481 e. The number of benzene rings is 2. The third kappa shape index (κ3) is 8.78. The number of carbonyl (C=O) groups is 2. The molecule has 1 fully saturated rings. The predicted octanol–water partition coefficient (Wildman–Crippen LogP) is 6.75. The third-order valence-electron chi connectivity index (χ3n) is 7.12. The standard InChI is InChI=1S/C29H31FN4O5.3C2H6/c1-18-9-12-23(35)34(18)22-15-21(30)11-10-20(22)16-31-26(36)24-25(38-17-19-7-5-4-6-8-19)27(37)33-13-14-39-29(2,3)28(33)32-24;3*1-2/h4-8,10-11,15,18H,9,12-14,16-17H2,1-3H3,(H,31,36);3*1-2H3. The fourth-order valence-electron chi connectivity index (χ4n) is 5.04. The molecule has 1 saturated heterocycles. The second kappa shape index (κ2) is 17.4. The molecule has 1 N–H and O–H groups in total. The Bertz CT molecular complexity index is 1470. The average Bonchev–Trinajstić information content (AvgIpc) is 3.40. The first-order valence-electron chi connectivity index (χ1n) is 16.0. The van der Waals surface area contributed by atoms with E-state index in [9.17, 15) is 18.8 Å². The number of rotatable bonds is 7. The number of aromatic nitrogens is 2. The Hall–Kier alpha value is -4.05. The lowest BCUT2D eigenvalue weighted by Gasteiger charge is -2.33. The second-order valence-corrected chi connectivity index (χ2v) is 10.3. The van der Waals surface area contributed by atoms with Gasteiger partial charge in [0, 0.05) is 19.0 Å². The maximum absolute atomic E-state index is 14.2. The Kier molecular flexibility index (Phi) is 14.4. The fraction of sp³-hybridized carbons (Fsp3) is 0.486. The Morgan fingerprint density at radius 3 is 2.36 bits per heavy atom. The van der Waals surface area contributed by atoms with Crippen LogP contribution in [0.3, 0.4) is 0 Å². The summed E-state index contributed by atoms with van der Waals surface area (Å²) in [5.74, 6) is -1.02. The Morgan fingerprint density at radius 1 is 1.07 bits per heavy atom. The van der Waals surface area contributed by atoms with Gasteiger partial charge in [0.2, 0.25) is 11.7 Å². The quantitative estimate of drug-likeness (QED) is 0.312. The van der Waals surface area contributed by atoms with Crippen LogP contribution in [0.1, 0.15) is 103 Å². The molecule has 1 aromatic heterocycles. The van der Waals surface area contributed by atoms with Crippen LogP contribution >= 0.6 is 0 Å². The van der Waals surface area contributed by atoms with Gasteiger partial charge in [0.25, 0.3) is 11.5 Å². The van der Waals surface area contributed by atoms with E-state index >= 15 is 0 Å². The van der Waals surface area contributed by atoms with E-state index in [-0.39, 0.29) is 43.1 Å². The summed E-state index contributed by atoms with van der Waals surface area (Å²) >= 11 is 0. The van der Waals surface area contributed by atoms with Gasteiger partial charge in [0.1, 0.15) is 23.8 Å². The van der Waals surface area contributed by atoms with E-state index in [2.05, 4.69) is 10.3 Å². The van der Waals surface area contributed by atoms with Crippen LogP contribution in [-0.4, -0.2) is 34.0 Å².